The Kier molecular flexibility index (Phi) is 5.79. The van der Waals surface area contributed by atoms with Gasteiger partial charge in [-0.3, -0.25) is 9.59 Å². The Labute approximate surface area is 148 Å². The van der Waals surface area contributed by atoms with Gasteiger partial charge in [0.1, 0.15) is 13.2 Å². The fourth-order valence-electron chi connectivity index (χ4n) is 3.27. The molecule has 1 saturated heterocycles. The van der Waals surface area contributed by atoms with Crippen LogP contribution < -0.4 is 9.47 Å². The van der Waals surface area contributed by atoms with Crippen molar-refractivity contribution in [3.63, 3.8) is 0 Å². The van der Waals surface area contributed by atoms with Crippen LogP contribution in [0, 0.1) is 0 Å². The van der Waals surface area contributed by atoms with Gasteiger partial charge in [-0.1, -0.05) is 13.0 Å². The highest BCUT2D eigenvalue weighted by Crippen LogP contribution is 2.31. The van der Waals surface area contributed by atoms with Gasteiger partial charge in [-0.25, -0.2) is 0 Å². The molecule has 0 aromatic heterocycles. The minimum Gasteiger partial charge on any atom is -0.486 e. The Morgan fingerprint density at radius 3 is 2.36 bits per heavy atom. The molecule has 0 radical (unpaired) electrons. The van der Waals surface area contributed by atoms with E-state index in [1.54, 1.807) is 0 Å². The SMILES string of the molecule is CCCC(=O)N1CCCN(C(=O)Cc2ccc3c(c2)OCCO3)CC1. The summed E-state index contributed by atoms with van der Waals surface area (Å²) in [6.07, 6.45) is 2.63. The molecule has 3 rings (SSSR count). The van der Waals surface area contributed by atoms with Crippen molar-refractivity contribution in [1.29, 1.82) is 0 Å². The number of hydrogen-bond acceptors (Lipinski definition) is 4. The number of carbonyl (C=O) groups is 2. The van der Waals surface area contributed by atoms with Gasteiger partial charge in [-0.2, -0.15) is 0 Å². The minimum atomic E-state index is 0.0986. The van der Waals surface area contributed by atoms with Crippen LogP contribution in [-0.4, -0.2) is 61.0 Å². The van der Waals surface area contributed by atoms with Crippen molar-refractivity contribution in [1.82, 2.24) is 9.80 Å². The molecule has 0 bridgehead atoms. The van der Waals surface area contributed by atoms with Gasteiger partial charge in [-0.05, 0) is 30.5 Å². The predicted octanol–water partition coefficient (Wildman–Crippen LogP) is 1.86. The molecule has 6 nitrogen and oxygen atoms in total. The third kappa shape index (κ3) is 4.44. The van der Waals surface area contributed by atoms with Crippen LogP contribution in [0.5, 0.6) is 11.5 Å². The number of rotatable bonds is 4. The summed E-state index contributed by atoms with van der Waals surface area (Å²) in [7, 11) is 0. The van der Waals surface area contributed by atoms with E-state index in [4.69, 9.17) is 9.47 Å². The van der Waals surface area contributed by atoms with Crippen LogP contribution in [0.3, 0.4) is 0 Å². The number of benzene rings is 1. The van der Waals surface area contributed by atoms with Crippen molar-refractivity contribution < 1.29 is 19.1 Å². The molecule has 0 aliphatic carbocycles. The highest BCUT2D eigenvalue weighted by atomic mass is 16.6. The second-order valence-electron chi connectivity index (χ2n) is 6.52. The summed E-state index contributed by atoms with van der Waals surface area (Å²) in [5, 5.41) is 0. The summed E-state index contributed by atoms with van der Waals surface area (Å²) in [4.78, 5) is 28.5. The molecule has 0 unspecified atom stereocenters. The maximum atomic E-state index is 12.6. The first-order valence-electron chi connectivity index (χ1n) is 9.11. The fraction of sp³-hybridized carbons (Fsp3) is 0.579. The lowest BCUT2D eigenvalue weighted by atomic mass is 10.1. The average Bonchev–Trinajstić information content (AvgIpc) is 2.88. The van der Waals surface area contributed by atoms with E-state index in [9.17, 15) is 9.59 Å². The van der Waals surface area contributed by atoms with E-state index in [1.165, 1.54) is 0 Å². The molecule has 1 aromatic rings. The largest absolute Gasteiger partial charge is 0.486 e. The number of nitrogens with zero attached hydrogens (tertiary/aromatic N) is 2. The number of amides is 2. The van der Waals surface area contributed by atoms with Gasteiger partial charge in [0.25, 0.3) is 0 Å². The van der Waals surface area contributed by atoms with Crippen molar-refractivity contribution in [2.45, 2.75) is 32.6 Å². The molecule has 2 amide bonds. The Morgan fingerprint density at radius 2 is 1.64 bits per heavy atom. The lowest BCUT2D eigenvalue weighted by Gasteiger charge is -2.23. The lowest BCUT2D eigenvalue weighted by molar-refractivity contribution is -0.133. The summed E-state index contributed by atoms with van der Waals surface area (Å²) in [6.45, 7) is 5.81. The topological polar surface area (TPSA) is 59.1 Å². The zero-order valence-electron chi connectivity index (χ0n) is 14.8. The summed E-state index contributed by atoms with van der Waals surface area (Å²) in [5.41, 5.74) is 0.928. The van der Waals surface area contributed by atoms with Crippen molar-refractivity contribution in [3.8, 4) is 11.5 Å². The zero-order chi connectivity index (χ0) is 17.6. The van der Waals surface area contributed by atoms with Crippen molar-refractivity contribution >= 4 is 11.8 Å². The van der Waals surface area contributed by atoms with Crippen molar-refractivity contribution in [2.24, 2.45) is 0 Å². The Balaban J connectivity index is 1.57. The van der Waals surface area contributed by atoms with E-state index in [2.05, 4.69) is 0 Å². The first-order chi connectivity index (χ1) is 12.2. The summed E-state index contributed by atoms with van der Waals surface area (Å²) >= 11 is 0. The van der Waals surface area contributed by atoms with Crippen LogP contribution in [0.1, 0.15) is 31.7 Å². The fourth-order valence-corrected chi connectivity index (χ4v) is 3.27. The third-order valence-corrected chi connectivity index (χ3v) is 4.63. The van der Waals surface area contributed by atoms with Crippen LogP contribution in [0.2, 0.25) is 0 Å². The minimum absolute atomic E-state index is 0.0986. The number of carbonyl (C=O) groups excluding carboxylic acids is 2. The molecule has 0 saturated carbocycles. The van der Waals surface area contributed by atoms with E-state index in [-0.39, 0.29) is 11.8 Å². The molecule has 6 heteroatoms. The van der Waals surface area contributed by atoms with Gasteiger partial charge in [0.2, 0.25) is 11.8 Å². The zero-order valence-corrected chi connectivity index (χ0v) is 14.8. The van der Waals surface area contributed by atoms with Crippen LogP contribution >= 0.6 is 0 Å². The smallest absolute Gasteiger partial charge is 0.227 e. The van der Waals surface area contributed by atoms with E-state index in [1.807, 2.05) is 34.9 Å². The van der Waals surface area contributed by atoms with E-state index < -0.39 is 0 Å². The molecule has 0 atom stereocenters. The molecule has 136 valence electrons. The van der Waals surface area contributed by atoms with E-state index >= 15 is 0 Å². The Morgan fingerprint density at radius 1 is 0.960 bits per heavy atom. The molecule has 1 aromatic carbocycles. The lowest BCUT2D eigenvalue weighted by Crippen LogP contribution is -2.37. The summed E-state index contributed by atoms with van der Waals surface area (Å²) in [5.74, 6) is 1.75. The molecular weight excluding hydrogens is 320 g/mol. The summed E-state index contributed by atoms with van der Waals surface area (Å²) in [6, 6.07) is 5.67. The van der Waals surface area contributed by atoms with Gasteiger partial charge in [-0.15, -0.1) is 0 Å². The first kappa shape index (κ1) is 17.6. The average molecular weight is 346 g/mol. The maximum absolute atomic E-state index is 12.6. The van der Waals surface area contributed by atoms with E-state index in [0.717, 1.165) is 30.7 Å². The van der Waals surface area contributed by atoms with Crippen molar-refractivity contribution in [2.75, 3.05) is 39.4 Å². The summed E-state index contributed by atoms with van der Waals surface area (Å²) < 4.78 is 11.1. The third-order valence-electron chi connectivity index (χ3n) is 4.63. The monoisotopic (exact) mass is 346 g/mol. The van der Waals surface area contributed by atoms with Crippen LogP contribution in [-0.2, 0) is 16.0 Å². The van der Waals surface area contributed by atoms with Crippen LogP contribution in [0.25, 0.3) is 0 Å². The van der Waals surface area contributed by atoms with Gasteiger partial charge >= 0.3 is 0 Å². The van der Waals surface area contributed by atoms with Gasteiger partial charge < -0.3 is 19.3 Å². The Bertz CT molecular complexity index is 632. The maximum Gasteiger partial charge on any atom is 0.227 e. The molecule has 2 aliphatic rings. The van der Waals surface area contributed by atoms with Crippen LogP contribution in [0.4, 0.5) is 0 Å². The Hall–Kier alpha value is -2.24. The molecule has 1 fully saturated rings. The van der Waals surface area contributed by atoms with Gasteiger partial charge in [0.05, 0.1) is 6.42 Å². The normalized spacial score (nSPS) is 17.2. The number of fused-ring (bicyclic) bond motifs is 1. The molecule has 0 N–H and O–H groups in total. The van der Waals surface area contributed by atoms with Gasteiger partial charge in [0, 0.05) is 32.6 Å². The molecule has 2 heterocycles. The first-order valence-corrected chi connectivity index (χ1v) is 9.11. The number of hydrogen-bond donors (Lipinski definition) is 0. The molecule has 25 heavy (non-hydrogen) atoms. The number of ether oxygens (including phenoxy) is 2. The van der Waals surface area contributed by atoms with Crippen molar-refractivity contribution in [3.05, 3.63) is 23.8 Å². The van der Waals surface area contributed by atoms with E-state index in [0.29, 0.717) is 51.4 Å². The van der Waals surface area contributed by atoms with Crippen LogP contribution in [0.15, 0.2) is 18.2 Å². The highest BCUT2D eigenvalue weighted by molar-refractivity contribution is 5.79. The highest BCUT2D eigenvalue weighted by Gasteiger charge is 2.22. The molecule has 0 spiro atoms. The standard InChI is InChI=1S/C19H26N2O4/c1-2-4-18(22)20-7-3-8-21(10-9-20)19(23)14-15-5-6-16-17(13-15)25-12-11-24-16/h5-6,13H,2-4,7-12,14H2,1H3. The quantitative estimate of drug-likeness (QED) is 0.835. The second-order valence-corrected chi connectivity index (χ2v) is 6.52. The second kappa shape index (κ2) is 8.23. The predicted molar refractivity (Wildman–Crippen MR) is 93.8 cm³/mol. The molecule has 2 aliphatic heterocycles. The molecular formula is C19H26N2O4. The van der Waals surface area contributed by atoms with Gasteiger partial charge in [0.15, 0.2) is 11.5 Å².